The molecule has 0 spiro atoms. The first-order valence-corrected chi connectivity index (χ1v) is 11.2. The van der Waals surface area contributed by atoms with E-state index in [1.54, 1.807) is 0 Å². The second kappa shape index (κ2) is 9.45. The standard InChI is InChI=1S/C23H25NO2P/c24-19-23(25)26-17-10-18-27(20-11-4-1-5-12-20,21-13-6-2-7-14-21)22-15-8-3-9-16-22/h1-9,11-16H,10,17-19,24H2/q+1. The van der Waals surface area contributed by atoms with Crippen molar-refractivity contribution in [2.45, 2.75) is 6.42 Å². The van der Waals surface area contributed by atoms with E-state index in [-0.39, 0.29) is 12.5 Å². The van der Waals surface area contributed by atoms with Crippen molar-refractivity contribution >= 4 is 29.1 Å². The quantitative estimate of drug-likeness (QED) is 0.373. The van der Waals surface area contributed by atoms with Gasteiger partial charge in [0.2, 0.25) is 0 Å². The molecule has 0 fully saturated rings. The van der Waals surface area contributed by atoms with Gasteiger partial charge < -0.3 is 10.5 Å². The second-order valence-electron chi connectivity index (χ2n) is 6.32. The lowest BCUT2D eigenvalue weighted by Gasteiger charge is -2.27. The molecule has 0 aliphatic heterocycles. The molecule has 0 aliphatic carbocycles. The first kappa shape index (κ1) is 19.3. The van der Waals surface area contributed by atoms with E-state index in [2.05, 4.69) is 91.0 Å². The fourth-order valence-electron chi connectivity index (χ4n) is 3.43. The molecule has 3 rings (SSSR count). The molecule has 0 aliphatic rings. The molecular weight excluding hydrogens is 353 g/mol. The summed E-state index contributed by atoms with van der Waals surface area (Å²) < 4.78 is 5.25. The van der Waals surface area contributed by atoms with Gasteiger partial charge in [-0.3, -0.25) is 4.79 Å². The van der Waals surface area contributed by atoms with Crippen LogP contribution in [0.2, 0.25) is 0 Å². The summed E-state index contributed by atoms with van der Waals surface area (Å²) in [4.78, 5) is 11.4. The van der Waals surface area contributed by atoms with Gasteiger partial charge in [-0.2, -0.15) is 0 Å². The Morgan fingerprint density at radius 3 is 1.52 bits per heavy atom. The monoisotopic (exact) mass is 378 g/mol. The molecule has 4 heteroatoms. The van der Waals surface area contributed by atoms with Gasteiger partial charge in [0.15, 0.2) is 0 Å². The lowest BCUT2D eigenvalue weighted by atomic mass is 10.4. The number of benzene rings is 3. The van der Waals surface area contributed by atoms with Crippen LogP contribution in [0.5, 0.6) is 0 Å². The molecule has 0 saturated heterocycles. The Labute approximate surface area is 161 Å². The molecule has 0 unspecified atom stereocenters. The van der Waals surface area contributed by atoms with E-state index in [1.165, 1.54) is 15.9 Å². The van der Waals surface area contributed by atoms with Crippen LogP contribution in [0.25, 0.3) is 0 Å². The predicted molar refractivity (Wildman–Crippen MR) is 115 cm³/mol. The minimum Gasteiger partial charge on any atom is -0.465 e. The number of rotatable bonds is 8. The van der Waals surface area contributed by atoms with Crippen molar-refractivity contribution in [2.24, 2.45) is 5.73 Å². The predicted octanol–water partition coefficient (Wildman–Crippen LogP) is 2.87. The van der Waals surface area contributed by atoms with Gasteiger partial charge in [0.05, 0.1) is 19.3 Å². The molecule has 138 valence electrons. The fourth-order valence-corrected chi connectivity index (χ4v) is 7.74. The third-order valence-corrected chi connectivity index (χ3v) is 9.18. The number of ether oxygens (including phenoxy) is 1. The summed E-state index contributed by atoms with van der Waals surface area (Å²) >= 11 is 0. The fraction of sp³-hybridized carbons (Fsp3) is 0.174. The maximum absolute atomic E-state index is 11.4. The van der Waals surface area contributed by atoms with Gasteiger partial charge in [-0.25, -0.2) is 0 Å². The van der Waals surface area contributed by atoms with E-state index >= 15 is 0 Å². The van der Waals surface area contributed by atoms with Crippen molar-refractivity contribution in [3.63, 3.8) is 0 Å². The Hall–Kier alpha value is -2.48. The number of carbonyl (C=O) groups excluding carboxylic acids is 1. The summed E-state index contributed by atoms with van der Waals surface area (Å²) in [7, 11) is -1.84. The molecule has 3 nitrogen and oxygen atoms in total. The van der Waals surface area contributed by atoms with E-state index in [0.29, 0.717) is 6.61 Å². The van der Waals surface area contributed by atoms with Crippen LogP contribution >= 0.6 is 7.26 Å². The van der Waals surface area contributed by atoms with Crippen LogP contribution in [0, 0.1) is 0 Å². The Morgan fingerprint density at radius 1 is 0.741 bits per heavy atom. The zero-order chi connectivity index (χ0) is 19.0. The molecule has 2 N–H and O–H groups in total. The molecule has 0 heterocycles. The van der Waals surface area contributed by atoms with Crippen LogP contribution in [-0.4, -0.2) is 25.3 Å². The smallest absolute Gasteiger partial charge is 0.319 e. The van der Waals surface area contributed by atoms with Gasteiger partial charge in [0, 0.05) is 6.42 Å². The topological polar surface area (TPSA) is 52.3 Å². The van der Waals surface area contributed by atoms with E-state index in [4.69, 9.17) is 10.5 Å². The van der Waals surface area contributed by atoms with Crippen LogP contribution in [0.1, 0.15) is 6.42 Å². The molecule has 0 atom stereocenters. The summed E-state index contributed by atoms with van der Waals surface area (Å²) in [6, 6.07) is 32.1. The molecule has 27 heavy (non-hydrogen) atoms. The van der Waals surface area contributed by atoms with E-state index < -0.39 is 7.26 Å². The molecule has 0 aromatic heterocycles. The Morgan fingerprint density at radius 2 is 1.15 bits per heavy atom. The summed E-state index contributed by atoms with van der Waals surface area (Å²) in [5, 5.41) is 4.02. The first-order chi connectivity index (χ1) is 13.3. The number of carbonyl (C=O) groups is 1. The van der Waals surface area contributed by atoms with Gasteiger partial charge in [-0.05, 0) is 36.4 Å². The van der Waals surface area contributed by atoms with Crippen LogP contribution in [0.4, 0.5) is 0 Å². The summed E-state index contributed by atoms with van der Waals surface area (Å²) in [6.07, 6.45) is 1.72. The Bertz CT molecular complexity index is 741. The minimum absolute atomic E-state index is 0.0731. The minimum atomic E-state index is -1.84. The van der Waals surface area contributed by atoms with E-state index in [9.17, 15) is 4.79 Å². The van der Waals surface area contributed by atoms with Gasteiger partial charge >= 0.3 is 5.97 Å². The highest BCUT2D eigenvalue weighted by Crippen LogP contribution is 2.55. The van der Waals surface area contributed by atoms with Crippen molar-refractivity contribution in [2.75, 3.05) is 19.3 Å². The number of hydrogen-bond acceptors (Lipinski definition) is 3. The summed E-state index contributed by atoms with van der Waals surface area (Å²) in [5.74, 6) is -0.349. The molecule has 0 radical (unpaired) electrons. The number of hydrogen-bond donors (Lipinski definition) is 1. The third kappa shape index (κ3) is 4.44. The average molecular weight is 378 g/mol. The maximum atomic E-state index is 11.4. The van der Waals surface area contributed by atoms with E-state index in [1.807, 2.05) is 0 Å². The first-order valence-electron chi connectivity index (χ1n) is 9.18. The summed E-state index contributed by atoms with van der Waals surface area (Å²) in [5.41, 5.74) is 5.35. The van der Waals surface area contributed by atoms with Crippen LogP contribution in [0.15, 0.2) is 91.0 Å². The zero-order valence-electron chi connectivity index (χ0n) is 15.3. The largest absolute Gasteiger partial charge is 0.465 e. The highest BCUT2D eigenvalue weighted by Gasteiger charge is 2.44. The molecule has 0 bridgehead atoms. The molecule has 0 amide bonds. The van der Waals surface area contributed by atoms with Crippen molar-refractivity contribution in [3.05, 3.63) is 91.0 Å². The number of esters is 1. The van der Waals surface area contributed by atoms with Gasteiger partial charge in [0.1, 0.15) is 23.2 Å². The molecule has 3 aromatic carbocycles. The molecular formula is C23H25NO2P+. The van der Waals surface area contributed by atoms with Crippen molar-refractivity contribution in [1.29, 1.82) is 0 Å². The van der Waals surface area contributed by atoms with Crippen molar-refractivity contribution in [1.82, 2.24) is 0 Å². The van der Waals surface area contributed by atoms with Gasteiger partial charge in [0.25, 0.3) is 0 Å². The Balaban J connectivity index is 2.04. The number of nitrogens with two attached hydrogens (primary N) is 1. The second-order valence-corrected chi connectivity index (χ2v) is 9.93. The normalized spacial score (nSPS) is 11.1. The molecule has 0 saturated carbocycles. The highest BCUT2D eigenvalue weighted by molar-refractivity contribution is 7.95. The van der Waals surface area contributed by atoms with Crippen LogP contribution in [0.3, 0.4) is 0 Å². The van der Waals surface area contributed by atoms with E-state index in [0.717, 1.165) is 12.6 Å². The Kier molecular flexibility index (Phi) is 6.75. The molecule has 3 aromatic rings. The van der Waals surface area contributed by atoms with Gasteiger partial charge in [-0.15, -0.1) is 0 Å². The average Bonchev–Trinajstić information content (AvgIpc) is 2.75. The lowest BCUT2D eigenvalue weighted by molar-refractivity contribution is -0.141. The van der Waals surface area contributed by atoms with Gasteiger partial charge in [-0.1, -0.05) is 54.6 Å². The maximum Gasteiger partial charge on any atom is 0.319 e. The zero-order valence-corrected chi connectivity index (χ0v) is 16.2. The van der Waals surface area contributed by atoms with Crippen molar-refractivity contribution < 1.29 is 9.53 Å². The third-order valence-electron chi connectivity index (χ3n) is 4.66. The van der Waals surface area contributed by atoms with Crippen LogP contribution < -0.4 is 21.6 Å². The highest BCUT2D eigenvalue weighted by atomic mass is 31.2. The SMILES string of the molecule is NCC(=O)OCCC[P+](c1ccccc1)(c1ccccc1)c1ccccc1. The summed E-state index contributed by atoms with van der Waals surface area (Å²) in [6.45, 7) is 0.320. The lowest BCUT2D eigenvalue weighted by Crippen LogP contribution is -2.33. The van der Waals surface area contributed by atoms with Crippen LogP contribution in [-0.2, 0) is 9.53 Å². The van der Waals surface area contributed by atoms with Crippen molar-refractivity contribution in [3.8, 4) is 0 Å².